The number of furan rings is 1. The first-order chi connectivity index (χ1) is 13.2. The van der Waals surface area contributed by atoms with Gasteiger partial charge in [0.15, 0.2) is 16.7 Å². The van der Waals surface area contributed by atoms with Crippen molar-refractivity contribution in [3.05, 3.63) is 42.2 Å². The molecule has 8 heteroatoms. The summed E-state index contributed by atoms with van der Waals surface area (Å²) in [6.07, 6.45) is 3.51. The third-order valence-electron chi connectivity index (χ3n) is 4.61. The lowest BCUT2D eigenvalue weighted by atomic mass is 10.0. The highest BCUT2D eigenvalue weighted by molar-refractivity contribution is 7.99. The van der Waals surface area contributed by atoms with E-state index in [1.807, 2.05) is 46.8 Å². The first kappa shape index (κ1) is 17.7. The van der Waals surface area contributed by atoms with E-state index >= 15 is 0 Å². The molecule has 2 aromatic heterocycles. The van der Waals surface area contributed by atoms with Crippen LogP contribution in [0.1, 0.15) is 12.0 Å². The van der Waals surface area contributed by atoms with Crippen molar-refractivity contribution in [1.29, 1.82) is 0 Å². The van der Waals surface area contributed by atoms with Gasteiger partial charge in [0.1, 0.15) is 5.75 Å². The second-order valence-electron chi connectivity index (χ2n) is 6.27. The van der Waals surface area contributed by atoms with Crippen molar-refractivity contribution in [2.24, 2.45) is 7.05 Å². The number of hydrogen-bond donors (Lipinski definition) is 0. The van der Waals surface area contributed by atoms with Crippen LogP contribution in [-0.4, -0.2) is 40.1 Å². The highest BCUT2D eigenvalue weighted by Crippen LogP contribution is 2.31. The minimum atomic E-state index is 0.0636. The Bertz CT molecular complexity index is 952. The van der Waals surface area contributed by atoms with Crippen LogP contribution in [0.4, 0.5) is 5.69 Å². The molecule has 27 heavy (non-hydrogen) atoms. The van der Waals surface area contributed by atoms with E-state index in [4.69, 9.17) is 9.15 Å². The molecule has 0 N–H and O–H groups in total. The highest BCUT2D eigenvalue weighted by atomic mass is 32.2. The van der Waals surface area contributed by atoms with Gasteiger partial charge in [-0.3, -0.25) is 4.79 Å². The van der Waals surface area contributed by atoms with E-state index in [0.29, 0.717) is 22.5 Å². The Morgan fingerprint density at radius 3 is 3.00 bits per heavy atom. The van der Waals surface area contributed by atoms with Crippen molar-refractivity contribution in [3.8, 4) is 17.3 Å². The fourth-order valence-electron chi connectivity index (χ4n) is 3.22. The number of aryl methyl sites for hydroxylation is 1. The molecule has 0 atom stereocenters. The molecule has 4 rings (SSSR count). The van der Waals surface area contributed by atoms with Gasteiger partial charge >= 0.3 is 0 Å². The van der Waals surface area contributed by atoms with Gasteiger partial charge < -0.3 is 18.6 Å². The molecule has 1 aliphatic rings. The molecule has 0 spiro atoms. The van der Waals surface area contributed by atoms with Crippen molar-refractivity contribution in [3.63, 3.8) is 0 Å². The van der Waals surface area contributed by atoms with E-state index in [1.54, 1.807) is 13.4 Å². The molecule has 1 aromatic carbocycles. The maximum Gasteiger partial charge on any atom is 0.237 e. The molecule has 3 aromatic rings. The summed E-state index contributed by atoms with van der Waals surface area (Å²) in [5.41, 5.74) is 2.12. The number of thioether (sulfide) groups is 1. The van der Waals surface area contributed by atoms with Gasteiger partial charge in [0.2, 0.25) is 5.91 Å². The summed E-state index contributed by atoms with van der Waals surface area (Å²) < 4.78 is 12.5. The molecule has 0 unspecified atom stereocenters. The largest absolute Gasteiger partial charge is 0.497 e. The van der Waals surface area contributed by atoms with Crippen molar-refractivity contribution in [2.45, 2.75) is 18.0 Å². The second kappa shape index (κ2) is 7.48. The molecule has 0 bridgehead atoms. The molecule has 1 amide bonds. The molecule has 0 saturated carbocycles. The lowest BCUT2D eigenvalue weighted by Gasteiger charge is -2.29. The smallest absolute Gasteiger partial charge is 0.237 e. The van der Waals surface area contributed by atoms with Crippen LogP contribution in [0.5, 0.6) is 5.75 Å². The summed E-state index contributed by atoms with van der Waals surface area (Å²) in [6.45, 7) is 0.731. The normalized spacial score (nSPS) is 13.5. The van der Waals surface area contributed by atoms with Gasteiger partial charge in [0.25, 0.3) is 0 Å². The minimum Gasteiger partial charge on any atom is -0.497 e. The molecule has 3 heterocycles. The average molecular weight is 384 g/mol. The Morgan fingerprint density at radius 2 is 2.22 bits per heavy atom. The Labute approximate surface area is 161 Å². The zero-order chi connectivity index (χ0) is 18.8. The van der Waals surface area contributed by atoms with Crippen molar-refractivity contribution in [2.75, 3.05) is 24.3 Å². The zero-order valence-corrected chi connectivity index (χ0v) is 16.0. The number of rotatable bonds is 5. The zero-order valence-electron chi connectivity index (χ0n) is 15.2. The van der Waals surface area contributed by atoms with Gasteiger partial charge in [-0.25, -0.2) is 0 Å². The number of nitrogens with zero attached hydrogens (tertiary/aromatic N) is 4. The average Bonchev–Trinajstić information content (AvgIpc) is 3.35. The van der Waals surface area contributed by atoms with Crippen LogP contribution in [0.15, 0.2) is 46.2 Å². The third-order valence-corrected chi connectivity index (χ3v) is 5.61. The van der Waals surface area contributed by atoms with Crippen LogP contribution >= 0.6 is 11.8 Å². The Morgan fingerprint density at radius 1 is 1.33 bits per heavy atom. The van der Waals surface area contributed by atoms with Gasteiger partial charge in [-0.05, 0) is 48.7 Å². The number of benzene rings is 1. The summed E-state index contributed by atoms with van der Waals surface area (Å²) in [7, 11) is 3.52. The standard InChI is InChI=1S/C19H20N4O3S/c1-22-18(16-6-4-10-26-16)20-21-19(22)27-12-17(24)23-9-3-5-13-11-14(25-2)7-8-15(13)23/h4,6-8,10-11H,3,5,9,12H2,1-2H3. The van der Waals surface area contributed by atoms with E-state index in [-0.39, 0.29) is 5.91 Å². The minimum absolute atomic E-state index is 0.0636. The van der Waals surface area contributed by atoms with E-state index in [0.717, 1.165) is 36.4 Å². The number of ether oxygens (including phenoxy) is 1. The summed E-state index contributed by atoms with van der Waals surface area (Å²) in [4.78, 5) is 14.7. The fourth-order valence-corrected chi connectivity index (χ4v) is 4.01. The quantitative estimate of drug-likeness (QED) is 0.629. The summed E-state index contributed by atoms with van der Waals surface area (Å²) in [6, 6.07) is 9.52. The van der Waals surface area contributed by atoms with Gasteiger partial charge in [-0.15, -0.1) is 10.2 Å². The number of anilines is 1. The first-order valence-electron chi connectivity index (χ1n) is 8.70. The first-order valence-corrected chi connectivity index (χ1v) is 9.69. The highest BCUT2D eigenvalue weighted by Gasteiger charge is 2.24. The number of methoxy groups -OCH3 is 1. The Balaban J connectivity index is 1.47. The SMILES string of the molecule is COc1ccc2c(c1)CCCN2C(=O)CSc1nnc(-c2ccco2)n1C. The number of aromatic nitrogens is 3. The monoisotopic (exact) mass is 384 g/mol. The molecule has 140 valence electrons. The topological polar surface area (TPSA) is 73.4 Å². The van der Waals surface area contributed by atoms with Crippen LogP contribution in [0.3, 0.4) is 0 Å². The number of carbonyl (C=O) groups excluding carboxylic acids is 1. The molecule has 1 aliphatic heterocycles. The van der Waals surface area contributed by atoms with Gasteiger partial charge in [-0.2, -0.15) is 0 Å². The maximum absolute atomic E-state index is 12.8. The van der Waals surface area contributed by atoms with Crippen LogP contribution < -0.4 is 9.64 Å². The Hall–Kier alpha value is -2.74. The number of hydrogen-bond acceptors (Lipinski definition) is 6. The van der Waals surface area contributed by atoms with Crippen LogP contribution in [0.25, 0.3) is 11.6 Å². The second-order valence-corrected chi connectivity index (χ2v) is 7.22. The predicted octanol–water partition coefficient (Wildman–Crippen LogP) is 3.16. The number of carbonyl (C=O) groups is 1. The van der Waals surface area contributed by atoms with Crippen LogP contribution in [0, 0.1) is 0 Å². The van der Waals surface area contributed by atoms with Gasteiger partial charge in [0.05, 0.1) is 19.1 Å². The lowest BCUT2D eigenvalue weighted by molar-refractivity contribution is -0.116. The molecule has 0 aliphatic carbocycles. The molecule has 0 saturated heterocycles. The fraction of sp³-hybridized carbons (Fsp3) is 0.316. The number of amides is 1. The summed E-state index contributed by atoms with van der Waals surface area (Å²) in [5, 5.41) is 9.03. The van der Waals surface area contributed by atoms with E-state index in [1.165, 1.54) is 11.8 Å². The van der Waals surface area contributed by atoms with Crippen molar-refractivity contribution >= 4 is 23.4 Å². The lowest BCUT2D eigenvalue weighted by Crippen LogP contribution is -2.36. The molecule has 7 nitrogen and oxygen atoms in total. The molecule has 0 fully saturated rings. The van der Waals surface area contributed by atoms with E-state index in [9.17, 15) is 4.79 Å². The Kier molecular flexibility index (Phi) is 4.89. The van der Waals surface area contributed by atoms with E-state index in [2.05, 4.69) is 10.2 Å². The third kappa shape index (κ3) is 3.44. The molecular weight excluding hydrogens is 364 g/mol. The molecule has 0 radical (unpaired) electrons. The molecular formula is C19H20N4O3S. The number of fused-ring (bicyclic) bond motifs is 1. The van der Waals surface area contributed by atoms with E-state index < -0.39 is 0 Å². The summed E-state index contributed by atoms with van der Waals surface area (Å²) in [5.74, 6) is 2.48. The van der Waals surface area contributed by atoms with Crippen LogP contribution in [0.2, 0.25) is 0 Å². The van der Waals surface area contributed by atoms with Crippen LogP contribution in [-0.2, 0) is 18.3 Å². The maximum atomic E-state index is 12.8. The summed E-state index contributed by atoms with van der Waals surface area (Å²) >= 11 is 1.38. The predicted molar refractivity (Wildman–Crippen MR) is 103 cm³/mol. The van der Waals surface area contributed by atoms with Gasteiger partial charge in [0, 0.05) is 19.3 Å². The van der Waals surface area contributed by atoms with Crippen molar-refractivity contribution in [1.82, 2.24) is 14.8 Å². The van der Waals surface area contributed by atoms with Crippen molar-refractivity contribution < 1.29 is 13.9 Å². The van der Waals surface area contributed by atoms with Gasteiger partial charge in [-0.1, -0.05) is 11.8 Å².